The molecule has 0 radical (unpaired) electrons. The Bertz CT molecular complexity index is 856. The molecular weight excluding hydrogens is 372 g/mol. The van der Waals surface area contributed by atoms with E-state index >= 15 is 0 Å². The summed E-state index contributed by atoms with van der Waals surface area (Å²) in [7, 11) is 0. The van der Waals surface area contributed by atoms with Crippen LogP contribution in [0.15, 0.2) is 67.3 Å². The van der Waals surface area contributed by atoms with Gasteiger partial charge in [0.15, 0.2) is 5.78 Å². The maximum absolute atomic E-state index is 12.5. The predicted octanol–water partition coefficient (Wildman–Crippen LogP) is 2.10. The predicted molar refractivity (Wildman–Crippen MR) is 110 cm³/mol. The molecule has 6 heteroatoms. The molecule has 0 fully saturated rings. The van der Waals surface area contributed by atoms with Crippen molar-refractivity contribution in [3.05, 3.63) is 83.9 Å². The molecule has 0 aliphatic carbocycles. The zero-order valence-electron chi connectivity index (χ0n) is 16.0. The summed E-state index contributed by atoms with van der Waals surface area (Å²) in [6, 6.07) is 15.9. The molecule has 0 spiro atoms. The third-order valence-electron chi connectivity index (χ3n) is 4.51. The summed E-state index contributed by atoms with van der Waals surface area (Å²) in [5.74, 6) is -0.859. The van der Waals surface area contributed by atoms with Crippen LogP contribution in [-0.2, 0) is 9.53 Å². The van der Waals surface area contributed by atoms with E-state index in [9.17, 15) is 24.9 Å². The third kappa shape index (κ3) is 5.96. The van der Waals surface area contributed by atoms with Crippen molar-refractivity contribution in [1.29, 1.82) is 0 Å². The molecule has 152 valence electrons. The van der Waals surface area contributed by atoms with Crippen LogP contribution < -0.4 is 0 Å². The summed E-state index contributed by atoms with van der Waals surface area (Å²) in [4.78, 5) is 24.3. The van der Waals surface area contributed by atoms with Gasteiger partial charge in [0.1, 0.15) is 6.61 Å². The summed E-state index contributed by atoms with van der Waals surface area (Å²) >= 11 is 0. The van der Waals surface area contributed by atoms with Crippen LogP contribution in [0.5, 0.6) is 0 Å². The number of carbonyl (C=O) groups is 2. The van der Waals surface area contributed by atoms with Crippen LogP contribution in [-0.4, -0.2) is 53.5 Å². The lowest BCUT2D eigenvalue weighted by Gasteiger charge is -2.26. The molecule has 0 heterocycles. The lowest BCUT2D eigenvalue weighted by molar-refractivity contribution is -0.145. The second-order valence-corrected chi connectivity index (χ2v) is 6.71. The highest BCUT2D eigenvalue weighted by molar-refractivity contribution is 6.28. The molecule has 0 aliphatic heterocycles. The summed E-state index contributed by atoms with van der Waals surface area (Å²) in [5.41, 5.74) is 1.05. The Kier molecular flexibility index (Phi) is 8.03. The van der Waals surface area contributed by atoms with Gasteiger partial charge in [0.2, 0.25) is 0 Å². The topological polar surface area (TPSA) is 104 Å². The van der Waals surface area contributed by atoms with E-state index in [0.29, 0.717) is 16.7 Å². The molecule has 6 nitrogen and oxygen atoms in total. The van der Waals surface area contributed by atoms with Gasteiger partial charge >= 0.3 is 5.97 Å². The fourth-order valence-corrected chi connectivity index (χ4v) is 2.41. The van der Waals surface area contributed by atoms with Crippen LogP contribution in [0.2, 0.25) is 0 Å². The van der Waals surface area contributed by atoms with E-state index in [-0.39, 0.29) is 12.4 Å². The Hall–Kier alpha value is -3.06. The minimum Gasteiger partial charge on any atom is -0.462 e. The number of esters is 1. The molecular formula is C23H24O6. The molecule has 2 rings (SSSR count). The first-order valence-corrected chi connectivity index (χ1v) is 9.01. The largest absolute Gasteiger partial charge is 0.462 e. The van der Waals surface area contributed by atoms with Crippen LogP contribution in [0.3, 0.4) is 0 Å². The van der Waals surface area contributed by atoms with E-state index in [2.05, 4.69) is 6.58 Å². The van der Waals surface area contributed by atoms with Gasteiger partial charge in [-0.3, -0.25) is 4.79 Å². The van der Waals surface area contributed by atoms with Gasteiger partial charge in [-0.15, -0.1) is 0 Å². The summed E-state index contributed by atoms with van der Waals surface area (Å²) in [6.07, 6.45) is 2.71. The number of allylic oxidation sites excluding steroid dienone is 1. The van der Waals surface area contributed by atoms with Crippen molar-refractivity contribution in [3.63, 3.8) is 0 Å². The first-order valence-electron chi connectivity index (χ1n) is 9.01. The van der Waals surface area contributed by atoms with Gasteiger partial charge in [-0.05, 0) is 17.2 Å². The summed E-state index contributed by atoms with van der Waals surface area (Å²) < 4.78 is 4.97. The SMILES string of the molecule is C=C(C(=O)c1ccc(/C=C/C(=O)OCC(CO)(CO)CO)cc1)c1ccccc1. The van der Waals surface area contributed by atoms with Gasteiger partial charge < -0.3 is 20.1 Å². The molecule has 0 saturated carbocycles. The Morgan fingerprint density at radius 1 is 0.897 bits per heavy atom. The average Bonchev–Trinajstić information content (AvgIpc) is 2.79. The molecule has 0 bridgehead atoms. The summed E-state index contributed by atoms with van der Waals surface area (Å²) in [5, 5.41) is 27.7. The number of aliphatic hydroxyl groups excluding tert-OH is 3. The van der Waals surface area contributed by atoms with Crippen molar-refractivity contribution >= 4 is 23.4 Å². The normalized spacial score (nSPS) is 11.4. The lowest BCUT2D eigenvalue weighted by Crippen LogP contribution is -2.39. The van der Waals surface area contributed by atoms with Crippen molar-refractivity contribution in [2.24, 2.45) is 5.41 Å². The summed E-state index contributed by atoms with van der Waals surface area (Å²) in [6.45, 7) is 2.02. The number of rotatable bonds is 10. The fourth-order valence-electron chi connectivity index (χ4n) is 2.41. The number of benzene rings is 2. The zero-order valence-corrected chi connectivity index (χ0v) is 16.0. The number of ketones is 1. The maximum Gasteiger partial charge on any atom is 0.330 e. The van der Waals surface area contributed by atoms with E-state index in [1.807, 2.05) is 30.3 Å². The molecule has 2 aromatic rings. The van der Waals surface area contributed by atoms with Crippen LogP contribution in [0, 0.1) is 5.41 Å². The second kappa shape index (κ2) is 10.5. The molecule has 29 heavy (non-hydrogen) atoms. The number of Topliss-reactive ketones (excluding diaryl/α,β-unsaturated/α-hetero) is 1. The monoisotopic (exact) mass is 396 g/mol. The Morgan fingerprint density at radius 2 is 1.48 bits per heavy atom. The standard InChI is InChI=1S/C23H24O6/c1-17(19-5-3-2-4-6-19)22(28)20-10-7-18(8-11-20)9-12-21(27)29-16-23(13-24,14-25)15-26/h2-12,24-26H,1,13-16H2/b12-9+. The van der Waals surface area contributed by atoms with Crippen molar-refractivity contribution in [2.75, 3.05) is 26.4 Å². The first-order chi connectivity index (χ1) is 13.9. The van der Waals surface area contributed by atoms with E-state index < -0.39 is 31.2 Å². The average molecular weight is 396 g/mol. The molecule has 0 saturated heterocycles. The number of hydrogen-bond donors (Lipinski definition) is 3. The minimum atomic E-state index is -1.27. The fraction of sp³-hybridized carbons (Fsp3) is 0.217. The number of aliphatic hydroxyl groups is 3. The highest BCUT2D eigenvalue weighted by atomic mass is 16.5. The quantitative estimate of drug-likeness (QED) is 0.323. The third-order valence-corrected chi connectivity index (χ3v) is 4.51. The van der Waals surface area contributed by atoms with Gasteiger partial charge in [0.05, 0.1) is 25.2 Å². The molecule has 0 unspecified atom stereocenters. The van der Waals surface area contributed by atoms with E-state index in [1.54, 1.807) is 24.3 Å². The highest BCUT2D eigenvalue weighted by Crippen LogP contribution is 2.19. The molecule has 0 amide bonds. The molecule has 0 aromatic heterocycles. The van der Waals surface area contributed by atoms with Gasteiger partial charge in [-0.2, -0.15) is 0 Å². The van der Waals surface area contributed by atoms with Crippen LogP contribution in [0.25, 0.3) is 11.6 Å². The smallest absolute Gasteiger partial charge is 0.330 e. The number of hydrogen-bond acceptors (Lipinski definition) is 6. The van der Waals surface area contributed by atoms with Crippen molar-refractivity contribution in [1.82, 2.24) is 0 Å². The van der Waals surface area contributed by atoms with Gasteiger partial charge in [0, 0.05) is 17.2 Å². The van der Waals surface area contributed by atoms with E-state index in [1.165, 1.54) is 12.2 Å². The van der Waals surface area contributed by atoms with Crippen LogP contribution in [0.4, 0.5) is 0 Å². The Morgan fingerprint density at radius 3 is 2.03 bits per heavy atom. The number of ether oxygens (including phenoxy) is 1. The van der Waals surface area contributed by atoms with Crippen LogP contribution in [0.1, 0.15) is 21.5 Å². The minimum absolute atomic E-state index is 0.181. The molecule has 0 atom stereocenters. The zero-order chi connectivity index (χ0) is 21.3. The van der Waals surface area contributed by atoms with Crippen LogP contribution >= 0.6 is 0 Å². The first kappa shape index (κ1) is 22.2. The second-order valence-electron chi connectivity index (χ2n) is 6.71. The van der Waals surface area contributed by atoms with E-state index in [4.69, 9.17) is 4.74 Å². The maximum atomic E-state index is 12.5. The van der Waals surface area contributed by atoms with Gasteiger partial charge in [-0.25, -0.2) is 4.79 Å². The van der Waals surface area contributed by atoms with Crippen molar-refractivity contribution < 1.29 is 29.6 Å². The Balaban J connectivity index is 1.97. The van der Waals surface area contributed by atoms with E-state index in [0.717, 1.165) is 5.56 Å². The molecule has 2 aromatic carbocycles. The van der Waals surface area contributed by atoms with Crippen molar-refractivity contribution in [2.45, 2.75) is 0 Å². The van der Waals surface area contributed by atoms with Crippen molar-refractivity contribution in [3.8, 4) is 0 Å². The molecule has 3 N–H and O–H groups in total. The lowest BCUT2D eigenvalue weighted by atomic mass is 9.93. The Labute approximate surface area is 169 Å². The highest BCUT2D eigenvalue weighted by Gasteiger charge is 2.29. The number of carbonyl (C=O) groups excluding carboxylic acids is 2. The van der Waals surface area contributed by atoms with Gasteiger partial charge in [0.25, 0.3) is 0 Å². The molecule has 0 aliphatic rings. The van der Waals surface area contributed by atoms with Gasteiger partial charge in [-0.1, -0.05) is 61.2 Å².